The highest BCUT2D eigenvalue weighted by atomic mass is 32.1. The van der Waals surface area contributed by atoms with Gasteiger partial charge in [-0.1, -0.05) is 24.3 Å². The van der Waals surface area contributed by atoms with Gasteiger partial charge in [0.2, 0.25) is 0 Å². The van der Waals surface area contributed by atoms with Gasteiger partial charge in [0.25, 0.3) is 0 Å². The van der Waals surface area contributed by atoms with Crippen LogP contribution in [0.15, 0.2) is 41.8 Å². The van der Waals surface area contributed by atoms with Crippen LogP contribution in [-0.4, -0.2) is 49.5 Å². The van der Waals surface area contributed by atoms with Crippen molar-refractivity contribution in [3.63, 3.8) is 0 Å². The number of aliphatic hydroxyl groups excluding tert-OH is 1. The summed E-state index contributed by atoms with van der Waals surface area (Å²) in [6, 6.07) is 12.1. The average molecular weight is 349 g/mol. The van der Waals surface area contributed by atoms with Crippen molar-refractivity contribution in [2.75, 3.05) is 33.4 Å². The molecule has 2 rings (SSSR count). The first-order valence-electron chi connectivity index (χ1n) is 8.29. The average Bonchev–Trinajstić information content (AvgIpc) is 3.07. The van der Waals surface area contributed by atoms with Gasteiger partial charge in [-0.3, -0.25) is 4.90 Å². The van der Waals surface area contributed by atoms with Crippen LogP contribution in [0.4, 0.5) is 0 Å². The van der Waals surface area contributed by atoms with E-state index >= 15 is 0 Å². The van der Waals surface area contributed by atoms with E-state index < -0.39 is 6.10 Å². The Morgan fingerprint density at radius 1 is 1.21 bits per heavy atom. The second kappa shape index (κ2) is 10.5. The van der Waals surface area contributed by atoms with E-state index in [-0.39, 0.29) is 0 Å². The van der Waals surface area contributed by atoms with Gasteiger partial charge >= 0.3 is 0 Å². The van der Waals surface area contributed by atoms with E-state index in [9.17, 15) is 5.11 Å². The molecule has 1 atom stereocenters. The van der Waals surface area contributed by atoms with E-state index in [1.165, 1.54) is 4.88 Å². The first kappa shape index (κ1) is 18.9. The fraction of sp³-hybridized carbons (Fsp3) is 0.474. The van der Waals surface area contributed by atoms with Crippen molar-refractivity contribution in [1.29, 1.82) is 0 Å². The summed E-state index contributed by atoms with van der Waals surface area (Å²) in [5, 5.41) is 12.4. The lowest BCUT2D eigenvalue weighted by Crippen LogP contribution is -2.36. The standard InChI is InChI=1S/C19H27NO3S/c1-16-7-3-4-9-19(16)23-15-17(21)13-20(10-6-11-22-2)14-18-8-5-12-24-18/h3-5,7-9,12,17,21H,6,10-11,13-15H2,1-2H3/t17-/m1/s1. The Kier molecular flexibility index (Phi) is 8.25. The summed E-state index contributed by atoms with van der Waals surface area (Å²) in [6.07, 6.45) is 0.430. The first-order valence-corrected chi connectivity index (χ1v) is 9.17. The molecule has 0 aliphatic carbocycles. The number of rotatable bonds is 11. The Hall–Kier alpha value is -1.40. The Morgan fingerprint density at radius 3 is 2.75 bits per heavy atom. The molecule has 0 saturated heterocycles. The number of hydrogen-bond acceptors (Lipinski definition) is 5. The highest BCUT2D eigenvalue weighted by Crippen LogP contribution is 2.17. The van der Waals surface area contributed by atoms with Gasteiger partial charge in [0.05, 0.1) is 0 Å². The van der Waals surface area contributed by atoms with E-state index in [0.29, 0.717) is 13.2 Å². The summed E-state index contributed by atoms with van der Waals surface area (Å²) < 4.78 is 10.9. The Bertz CT molecular complexity index is 574. The quantitative estimate of drug-likeness (QED) is 0.632. The molecule has 0 aliphatic rings. The number of thiophene rings is 1. The number of ether oxygens (including phenoxy) is 2. The topological polar surface area (TPSA) is 41.9 Å². The number of hydrogen-bond donors (Lipinski definition) is 1. The zero-order valence-corrected chi connectivity index (χ0v) is 15.3. The molecule has 0 bridgehead atoms. The molecule has 0 spiro atoms. The van der Waals surface area contributed by atoms with Crippen molar-refractivity contribution in [3.05, 3.63) is 52.2 Å². The summed E-state index contributed by atoms with van der Waals surface area (Å²) in [5.74, 6) is 0.834. The second-order valence-corrected chi connectivity index (χ2v) is 6.92. The Labute approximate surface area is 148 Å². The predicted octanol–water partition coefficient (Wildman–Crippen LogP) is 3.33. The van der Waals surface area contributed by atoms with Gasteiger partial charge in [-0.05, 0) is 36.4 Å². The second-order valence-electron chi connectivity index (χ2n) is 5.89. The van der Waals surface area contributed by atoms with Gasteiger partial charge in [0.15, 0.2) is 0 Å². The highest BCUT2D eigenvalue weighted by Gasteiger charge is 2.14. The maximum Gasteiger partial charge on any atom is 0.122 e. The maximum atomic E-state index is 10.4. The fourth-order valence-electron chi connectivity index (χ4n) is 2.55. The highest BCUT2D eigenvalue weighted by molar-refractivity contribution is 7.09. The third-order valence-electron chi connectivity index (χ3n) is 3.78. The van der Waals surface area contributed by atoms with Crippen LogP contribution in [0.1, 0.15) is 16.9 Å². The normalized spacial score (nSPS) is 12.5. The molecule has 0 aliphatic heterocycles. The third kappa shape index (κ3) is 6.61. The fourth-order valence-corrected chi connectivity index (χ4v) is 3.29. The van der Waals surface area contributed by atoms with Gasteiger partial charge < -0.3 is 14.6 Å². The van der Waals surface area contributed by atoms with Gasteiger partial charge in [0.1, 0.15) is 18.5 Å². The zero-order chi connectivity index (χ0) is 17.2. The largest absolute Gasteiger partial charge is 0.491 e. The van der Waals surface area contributed by atoms with Crippen LogP contribution >= 0.6 is 11.3 Å². The molecule has 2 aromatic rings. The molecule has 4 nitrogen and oxygen atoms in total. The van der Waals surface area contributed by atoms with Crippen LogP contribution in [0.5, 0.6) is 5.75 Å². The summed E-state index contributed by atoms with van der Waals surface area (Å²) in [4.78, 5) is 3.57. The van der Waals surface area contributed by atoms with Crippen LogP contribution < -0.4 is 4.74 Å². The number of methoxy groups -OCH3 is 1. The molecular formula is C19H27NO3S. The van der Waals surface area contributed by atoms with E-state index in [0.717, 1.165) is 37.4 Å². The molecule has 0 fully saturated rings. The molecule has 0 unspecified atom stereocenters. The zero-order valence-electron chi connectivity index (χ0n) is 14.5. The van der Waals surface area contributed by atoms with E-state index in [4.69, 9.17) is 9.47 Å². The van der Waals surface area contributed by atoms with Crippen molar-refractivity contribution >= 4 is 11.3 Å². The molecule has 0 radical (unpaired) electrons. The van der Waals surface area contributed by atoms with Crippen molar-refractivity contribution in [2.45, 2.75) is 26.0 Å². The van der Waals surface area contributed by atoms with Crippen LogP contribution in [0, 0.1) is 6.92 Å². The molecule has 1 aromatic heterocycles. The minimum Gasteiger partial charge on any atom is -0.491 e. The summed E-state index contributed by atoms with van der Waals surface area (Å²) in [6.45, 7) is 5.38. The van der Waals surface area contributed by atoms with Gasteiger partial charge in [-0.25, -0.2) is 0 Å². The van der Waals surface area contributed by atoms with Crippen molar-refractivity contribution in [1.82, 2.24) is 4.90 Å². The summed E-state index contributed by atoms with van der Waals surface area (Å²) in [7, 11) is 1.72. The SMILES string of the molecule is COCCCN(Cc1cccs1)C[C@@H](O)COc1ccccc1C. The first-order chi connectivity index (χ1) is 11.7. The van der Waals surface area contributed by atoms with Crippen LogP contribution in [0.3, 0.4) is 0 Å². The molecule has 1 aromatic carbocycles. The molecule has 132 valence electrons. The van der Waals surface area contributed by atoms with Crippen molar-refractivity contribution in [2.24, 2.45) is 0 Å². The minimum atomic E-state index is -0.521. The molecular weight excluding hydrogens is 322 g/mol. The lowest BCUT2D eigenvalue weighted by atomic mass is 10.2. The lowest BCUT2D eigenvalue weighted by molar-refractivity contribution is 0.0619. The number of benzene rings is 1. The molecule has 24 heavy (non-hydrogen) atoms. The van der Waals surface area contributed by atoms with Crippen molar-refractivity contribution < 1.29 is 14.6 Å². The number of aliphatic hydroxyl groups is 1. The number of aryl methyl sites for hydroxylation is 1. The molecule has 5 heteroatoms. The van der Waals surface area contributed by atoms with E-state index in [1.54, 1.807) is 18.4 Å². The molecule has 1 heterocycles. The Balaban J connectivity index is 1.83. The molecule has 1 N–H and O–H groups in total. The lowest BCUT2D eigenvalue weighted by Gasteiger charge is -2.24. The van der Waals surface area contributed by atoms with Gasteiger partial charge in [-0.15, -0.1) is 11.3 Å². The predicted molar refractivity (Wildman–Crippen MR) is 98.8 cm³/mol. The van der Waals surface area contributed by atoms with E-state index in [2.05, 4.69) is 22.4 Å². The van der Waals surface area contributed by atoms with Crippen LogP contribution in [0.2, 0.25) is 0 Å². The van der Waals surface area contributed by atoms with Crippen LogP contribution in [-0.2, 0) is 11.3 Å². The maximum absolute atomic E-state index is 10.4. The van der Waals surface area contributed by atoms with Crippen LogP contribution in [0.25, 0.3) is 0 Å². The monoisotopic (exact) mass is 349 g/mol. The number of nitrogens with zero attached hydrogens (tertiary/aromatic N) is 1. The van der Waals surface area contributed by atoms with Crippen molar-refractivity contribution in [3.8, 4) is 5.75 Å². The minimum absolute atomic E-state index is 0.302. The Morgan fingerprint density at radius 2 is 2.04 bits per heavy atom. The van der Waals surface area contributed by atoms with Gasteiger partial charge in [-0.2, -0.15) is 0 Å². The summed E-state index contributed by atoms with van der Waals surface area (Å²) in [5.41, 5.74) is 1.08. The molecule has 0 amide bonds. The summed E-state index contributed by atoms with van der Waals surface area (Å²) >= 11 is 1.74. The third-order valence-corrected chi connectivity index (χ3v) is 4.64. The van der Waals surface area contributed by atoms with E-state index in [1.807, 2.05) is 31.2 Å². The smallest absolute Gasteiger partial charge is 0.122 e. The molecule has 0 saturated carbocycles. The van der Waals surface area contributed by atoms with Gasteiger partial charge in [0, 0.05) is 38.2 Å². The number of para-hydroxylation sites is 1.